The Hall–Kier alpha value is -2.81. The number of ether oxygens (including phenoxy) is 2. The number of aromatic nitrogens is 3. The molecule has 0 spiro atoms. The molecule has 0 radical (unpaired) electrons. The molecule has 0 atom stereocenters. The first-order chi connectivity index (χ1) is 14.4. The molecular weight excluding hydrogens is 421 g/mol. The molecule has 158 valence electrons. The fourth-order valence-corrected chi connectivity index (χ4v) is 3.60. The van der Waals surface area contributed by atoms with E-state index in [2.05, 4.69) is 19.7 Å². The van der Waals surface area contributed by atoms with Crippen LogP contribution in [-0.2, 0) is 0 Å². The predicted molar refractivity (Wildman–Crippen MR) is 106 cm³/mol. The minimum atomic E-state index is -3.01. The number of rotatable bonds is 5. The number of hydrogen-bond donors (Lipinski definition) is 0. The second kappa shape index (κ2) is 8.51. The van der Waals surface area contributed by atoms with Gasteiger partial charge in [-0.25, -0.2) is 14.4 Å². The molecule has 2 aromatic heterocycles. The fraction of sp³-hybridized carbons (Fsp3) is 0.350. The van der Waals surface area contributed by atoms with Gasteiger partial charge in [0.05, 0.1) is 11.7 Å². The van der Waals surface area contributed by atoms with Gasteiger partial charge in [-0.2, -0.15) is 8.78 Å². The van der Waals surface area contributed by atoms with Gasteiger partial charge in [0, 0.05) is 37.7 Å². The number of halogens is 4. The molecule has 0 bridgehead atoms. The lowest BCUT2D eigenvalue weighted by atomic mass is 10.1. The minimum absolute atomic E-state index is 0.00145. The number of hydrogen-bond acceptors (Lipinski definition) is 6. The van der Waals surface area contributed by atoms with Crippen LogP contribution in [0.5, 0.6) is 11.5 Å². The zero-order valence-electron chi connectivity index (χ0n) is 16.0. The van der Waals surface area contributed by atoms with Crippen LogP contribution in [0.1, 0.15) is 18.5 Å². The predicted octanol–water partition coefficient (Wildman–Crippen LogP) is 4.77. The van der Waals surface area contributed by atoms with Crippen LogP contribution in [-0.4, -0.2) is 40.8 Å². The third-order valence-corrected chi connectivity index (χ3v) is 5.05. The van der Waals surface area contributed by atoms with E-state index >= 15 is 0 Å². The third kappa shape index (κ3) is 4.51. The molecule has 1 fully saturated rings. The number of nitrogens with zero attached hydrogens (tertiary/aromatic N) is 4. The second-order valence-electron chi connectivity index (χ2n) is 6.93. The Morgan fingerprint density at radius 1 is 1.13 bits per heavy atom. The standard InChI is InChI=1S/C20H18ClF3N4O2/c1-11-8-15-16(10-25-11)26-18(21)19(27-15)28-6-4-12(5-7-28)29-17-3-2-13(9-14(17)22)30-20(23)24/h2-3,8-10,12,20H,4-7H2,1H3. The summed E-state index contributed by atoms with van der Waals surface area (Å²) in [6.45, 7) is 0.0700. The number of aryl methyl sites for hydroxylation is 1. The van der Waals surface area contributed by atoms with Gasteiger partial charge in [-0.15, -0.1) is 0 Å². The quantitative estimate of drug-likeness (QED) is 0.571. The number of alkyl halides is 2. The first kappa shape index (κ1) is 20.5. The van der Waals surface area contributed by atoms with E-state index in [1.165, 1.54) is 12.1 Å². The van der Waals surface area contributed by atoms with Crippen molar-refractivity contribution in [1.29, 1.82) is 0 Å². The monoisotopic (exact) mass is 438 g/mol. The van der Waals surface area contributed by atoms with Crippen molar-refractivity contribution in [3.8, 4) is 11.5 Å². The van der Waals surface area contributed by atoms with E-state index in [-0.39, 0.29) is 17.6 Å². The van der Waals surface area contributed by atoms with Crippen molar-refractivity contribution in [2.75, 3.05) is 18.0 Å². The molecule has 1 aromatic carbocycles. The molecule has 1 aliphatic heterocycles. The van der Waals surface area contributed by atoms with E-state index in [0.717, 1.165) is 11.8 Å². The highest BCUT2D eigenvalue weighted by molar-refractivity contribution is 6.32. The van der Waals surface area contributed by atoms with Crippen LogP contribution >= 0.6 is 11.6 Å². The average molecular weight is 439 g/mol. The molecule has 30 heavy (non-hydrogen) atoms. The summed E-state index contributed by atoms with van der Waals surface area (Å²) in [4.78, 5) is 15.2. The molecule has 0 N–H and O–H groups in total. The summed E-state index contributed by atoms with van der Waals surface area (Å²) in [5, 5.41) is 0.299. The minimum Gasteiger partial charge on any atom is -0.487 e. The summed E-state index contributed by atoms with van der Waals surface area (Å²) in [6, 6.07) is 5.28. The molecule has 0 unspecified atom stereocenters. The van der Waals surface area contributed by atoms with Crippen molar-refractivity contribution in [2.45, 2.75) is 32.5 Å². The van der Waals surface area contributed by atoms with Crippen LogP contribution in [0, 0.1) is 12.7 Å². The Balaban J connectivity index is 1.42. The summed E-state index contributed by atoms with van der Waals surface area (Å²) in [5.41, 5.74) is 2.18. The van der Waals surface area contributed by atoms with Gasteiger partial charge < -0.3 is 14.4 Å². The Morgan fingerprint density at radius 2 is 1.90 bits per heavy atom. The van der Waals surface area contributed by atoms with Crippen LogP contribution in [0.3, 0.4) is 0 Å². The zero-order chi connectivity index (χ0) is 21.3. The van der Waals surface area contributed by atoms with Crippen molar-refractivity contribution < 1.29 is 22.6 Å². The Kier molecular flexibility index (Phi) is 5.80. The van der Waals surface area contributed by atoms with Gasteiger partial charge in [0.2, 0.25) is 0 Å². The molecule has 0 amide bonds. The SMILES string of the molecule is Cc1cc2nc(N3CCC(Oc4ccc(OC(F)F)cc4F)CC3)c(Cl)nc2cn1. The number of anilines is 1. The molecule has 6 nitrogen and oxygen atoms in total. The maximum Gasteiger partial charge on any atom is 0.387 e. The Morgan fingerprint density at radius 3 is 2.60 bits per heavy atom. The van der Waals surface area contributed by atoms with Crippen LogP contribution in [0.25, 0.3) is 11.0 Å². The molecule has 0 saturated carbocycles. The van der Waals surface area contributed by atoms with Crippen molar-refractivity contribution >= 4 is 28.5 Å². The van der Waals surface area contributed by atoms with E-state index in [0.29, 0.717) is 47.9 Å². The van der Waals surface area contributed by atoms with E-state index < -0.39 is 12.4 Å². The maximum absolute atomic E-state index is 14.1. The molecule has 3 aromatic rings. The van der Waals surface area contributed by atoms with Crippen molar-refractivity contribution in [3.05, 3.63) is 47.1 Å². The van der Waals surface area contributed by atoms with Gasteiger partial charge >= 0.3 is 6.61 Å². The average Bonchev–Trinajstić information content (AvgIpc) is 2.70. The summed E-state index contributed by atoms with van der Waals surface area (Å²) in [7, 11) is 0. The summed E-state index contributed by atoms with van der Waals surface area (Å²) < 4.78 is 48.5. The number of benzene rings is 1. The summed E-state index contributed by atoms with van der Waals surface area (Å²) in [5.74, 6) is -0.405. The maximum atomic E-state index is 14.1. The van der Waals surface area contributed by atoms with Crippen molar-refractivity contribution in [1.82, 2.24) is 15.0 Å². The van der Waals surface area contributed by atoms with Gasteiger partial charge in [0.1, 0.15) is 17.4 Å². The number of fused-ring (bicyclic) bond motifs is 1. The van der Waals surface area contributed by atoms with E-state index in [9.17, 15) is 13.2 Å². The summed E-state index contributed by atoms with van der Waals surface area (Å²) >= 11 is 6.32. The lowest BCUT2D eigenvalue weighted by Crippen LogP contribution is -2.39. The van der Waals surface area contributed by atoms with Crippen molar-refractivity contribution in [2.24, 2.45) is 0 Å². The lowest BCUT2D eigenvalue weighted by Gasteiger charge is -2.33. The topological polar surface area (TPSA) is 60.4 Å². The molecule has 3 heterocycles. The highest BCUT2D eigenvalue weighted by atomic mass is 35.5. The van der Waals surface area contributed by atoms with Gasteiger partial charge in [0.25, 0.3) is 0 Å². The van der Waals surface area contributed by atoms with Gasteiger partial charge in [-0.3, -0.25) is 4.98 Å². The lowest BCUT2D eigenvalue weighted by molar-refractivity contribution is -0.0500. The zero-order valence-corrected chi connectivity index (χ0v) is 16.7. The number of piperidine rings is 1. The van der Waals surface area contributed by atoms with Gasteiger partial charge in [-0.05, 0) is 25.1 Å². The highest BCUT2D eigenvalue weighted by Crippen LogP contribution is 2.30. The molecule has 10 heteroatoms. The normalized spacial score (nSPS) is 15.1. The van der Waals surface area contributed by atoms with E-state index in [1.807, 2.05) is 17.9 Å². The molecule has 4 rings (SSSR count). The summed E-state index contributed by atoms with van der Waals surface area (Å²) in [6.07, 6.45) is 2.64. The van der Waals surface area contributed by atoms with Crippen LogP contribution in [0.2, 0.25) is 5.15 Å². The fourth-order valence-electron chi connectivity index (χ4n) is 3.35. The van der Waals surface area contributed by atoms with E-state index in [4.69, 9.17) is 16.3 Å². The van der Waals surface area contributed by atoms with Crippen LogP contribution in [0.4, 0.5) is 19.0 Å². The second-order valence-corrected chi connectivity index (χ2v) is 7.29. The smallest absolute Gasteiger partial charge is 0.387 e. The largest absolute Gasteiger partial charge is 0.487 e. The van der Waals surface area contributed by atoms with E-state index in [1.54, 1.807) is 6.20 Å². The Bertz CT molecular complexity index is 1060. The number of pyridine rings is 1. The Labute approximate surface area is 175 Å². The first-order valence-corrected chi connectivity index (χ1v) is 9.72. The van der Waals surface area contributed by atoms with Crippen molar-refractivity contribution in [3.63, 3.8) is 0 Å². The molecular formula is C20H18ClF3N4O2. The molecule has 0 aliphatic carbocycles. The van der Waals surface area contributed by atoms with Crippen LogP contribution < -0.4 is 14.4 Å². The molecule has 1 aliphatic rings. The van der Waals surface area contributed by atoms with Gasteiger partial charge in [-0.1, -0.05) is 11.6 Å². The van der Waals surface area contributed by atoms with Crippen LogP contribution in [0.15, 0.2) is 30.5 Å². The molecule has 1 saturated heterocycles. The first-order valence-electron chi connectivity index (χ1n) is 9.35. The third-order valence-electron chi connectivity index (χ3n) is 4.79. The highest BCUT2D eigenvalue weighted by Gasteiger charge is 2.25. The van der Waals surface area contributed by atoms with Gasteiger partial charge in [0.15, 0.2) is 22.5 Å².